The van der Waals surface area contributed by atoms with Gasteiger partial charge in [-0.1, -0.05) is 11.6 Å². The maximum absolute atomic E-state index is 9.81. The van der Waals surface area contributed by atoms with Crippen molar-refractivity contribution in [3.05, 3.63) is 11.1 Å². The van der Waals surface area contributed by atoms with E-state index in [1.807, 2.05) is 0 Å². The van der Waals surface area contributed by atoms with Crippen LogP contribution in [0.15, 0.2) is 6.07 Å². The summed E-state index contributed by atoms with van der Waals surface area (Å²) >= 11 is 6.31. The van der Waals surface area contributed by atoms with E-state index in [0.717, 1.165) is 12.8 Å². The van der Waals surface area contributed by atoms with E-state index in [0.29, 0.717) is 34.7 Å². The molecule has 0 amide bonds. The molecule has 0 spiro atoms. The minimum Gasteiger partial charge on any atom is -0.473 e. The van der Waals surface area contributed by atoms with Crippen molar-refractivity contribution in [3.63, 3.8) is 0 Å². The molecule has 0 aromatic carbocycles. The Labute approximate surface area is 154 Å². The topological polar surface area (TPSA) is 98.7 Å². The van der Waals surface area contributed by atoms with Gasteiger partial charge in [-0.15, -0.1) is 0 Å². The Bertz CT molecular complexity index is 809. The second kappa shape index (κ2) is 6.53. The van der Waals surface area contributed by atoms with E-state index in [1.54, 1.807) is 6.07 Å². The van der Waals surface area contributed by atoms with Gasteiger partial charge in [-0.3, -0.25) is 0 Å². The minimum absolute atomic E-state index is 0.172. The van der Waals surface area contributed by atoms with Crippen molar-refractivity contribution in [1.29, 1.82) is 0 Å². The van der Waals surface area contributed by atoms with Crippen LogP contribution in [0.25, 0.3) is 11.2 Å². The summed E-state index contributed by atoms with van der Waals surface area (Å²) in [6.45, 7) is 0.599. The second-order valence-corrected chi connectivity index (χ2v) is 7.44. The van der Waals surface area contributed by atoms with Gasteiger partial charge in [0.25, 0.3) is 6.01 Å². The van der Waals surface area contributed by atoms with Gasteiger partial charge in [0, 0.05) is 0 Å². The molecule has 2 aromatic heterocycles. The number of rotatable bonds is 4. The predicted octanol–water partition coefficient (Wildman–Crippen LogP) is 1.84. The van der Waals surface area contributed by atoms with Crippen molar-refractivity contribution >= 4 is 22.8 Å². The molecule has 1 saturated carbocycles. The van der Waals surface area contributed by atoms with E-state index in [-0.39, 0.29) is 31.0 Å². The number of nitrogens with zero attached hydrogens (tertiary/aromatic N) is 2. The third kappa shape index (κ3) is 2.90. The van der Waals surface area contributed by atoms with Crippen LogP contribution in [0.4, 0.5) is 0 Å². The SMILES string of the molecule is O[C@@H]1COC2C1OC[C@H]2Oc1nc2nc(OC3CCCC3)c(Cl)cc2[nH]1. The maximum atomic E-state index is 9.81. The number of halogens is 1. The molecule has 8 nitrogen and oxygen atoms in total. The molecule has 2 saturated heterocycles. The third-order valence-corrected chi connectivity index (χ3v) is 5.47. The molecule has 0 radical (unpaired) electrons. The average molecular weight is 382 g/mol. The highest BCUT2D eigenvalue weighted by atomic mass is 35.5. The van der Waals surface area contributed by atoms with Crippen LogP contribution in [-0.2, 0) is 9.47 Å². The number of H-pyrrole nitrogens is 1. The third-order valence-electron chi connectivity index (χ3n) is 5.20. The first-order valence-electron chi connectivity index (χ1n) is 8.98. The van der Waals surface area contributed by atoms with Gasteiger partial charge in [-0.05, 0) is 31.7 Å². The van der Waals surface area contributed by atoms with E-state index in [9.17, 15) is 5.11 Å². The molecule has 9 heteroatoms. The minimum atomic E-state index is -0.611. The van der Waals surface area contributed by atoms with Crippen molar-refractivity contribution in [2.24, 2.45) is 0 Å². The highest BCUT2D eigenvalue weighted by Gasteiger charge is 2.48. The van der Waals surface area contributed by atoms with Crippen molar-refractivity contribution < 1.29 is 24.1 Å². The molecule has 5 rings (SSSR count). The van der Waals surface area contributed by atoms with Crippen LogP contribution in [-0.4, -0.2) is 63.8 Å². The molecule has 2 N–H and O–H groups in total. The number of hydrogen-bond donors (Lipinski definition) is 2. The number of aliphatic hydroxyl groups is 1. The predicted molar refractivity (Wildman–Crippen MR) is 91.7 cm³/mol. The molecule has 26 heavy (non-hydrogen) atoms. The molecule has 4 atom stereocenters. The molecule has 2 unspecified atom stereocenters. The van der Waals surface area contributed by atoms with Crippen LogP contribution in [0.1, 0.15) is 25.7 Å². The maximum Gasteiger partial charge on any atom is 0.296 e. The summed E-state index contributed by atoms with van der Waals surface area (Å²) in [6.07, 6.45) is 3.00. The molecular weight excluding hydrogens is 362 g/mol. The number of nitrogens with one attached hydrogen (secondary N) is 1. The van der Waals surface area contributed by atoms with Gasteiger partial charge in [-0.2, -0.15) is 9.97 Å². The van der Waals surface area contributed by atoms with Gasteiger partial charge >= 0.3 is 0 Å². The Morgan fingerprint density at radius 1 is 1.12 bits per heavy atom. The number of fused-ring (bicyclic) bond motifs is 2. The molecule has 3 aliphatic rings. The number of aliphatic hydroxyl groups excluding tert-OH is 1. The first-order chi connectivity index (χ1) is 12.7. The lowest BCUT2D eigenvalue weighted by Gasteiger charge is -2.15. The Kier molecular flexibility index (Phi) is 4.16. The fourth-order valence-electron chi connectivity index (χ4n) is 3.87. The van der Waals surface area contributed by atoms with Crippen molar-refractivity contribution in [2.75, 3.05) is 13.2 Å². The van der Waals surface area contributed by atoms with Crippen LogP contribution in [0.5, 0.6) is 11.9 Å². The molecule has 4 heterocycles. The lowest BCUT2D eigenvalue weighted by atomic mass is 10.1. The first-order valence-corrected chi connectivity index (χ1v) is 9.36. The van der Waals surface area contributed by atoms with Crippen LogP contribution in [0, 0.1) is 0 Å². The van der Waals surface area contributed by atoms with Gasteiger partial charge < -0.3 is 29.0 Å². The van der Waals surface area contributed by atoms with Crippen molar-refractivity contribution in [3.8, 4) is 11.9 Å². The zero-order valence-electron chi connectivity index (χ0n) is 14.1. The second-order valence-electron chi connectivity index (χ2n) is 7.03. The fourth-order valence-corrected chi connectivity index (χ4v) is 4.07. The van der Waals surface area contributed by atoms with E-state index in [4.69, 9.17) is 30.5 Å². The summed E-state index contributed by atoms with van der Waals surface area (Å²) in [5.74, 6) is 0.413. The Hall–Kier alpha value is -1.61. The van der Waals surface area contributed by atoms with Gasteiger partial charge in [0.2, 0.25) is 5.88 Å². The summed E-state index contributed by atoms with van der Waals surface area (Å²) in [6, 6.07) is 2.07. The molecule has 3 fully saturated rings. The van der Waals surface area contributed by atoms with Crippen LogP contribution in [0.3, 0.4) is 0 Å². The van der Waals surface area contributed by atoms with Crippen molar-refractivity contribution in [1.82, 2.24) is 15.0 Å². The molecular formula is C17H20ClN3O5. The van der Waals surface area contributed by atoms with E-state index in [1.165, 1.54) is 12.8 Å². The number of imidazole rings is 1. The zero-order valence-corrected chi connectivity index (χ0v) is 14.8. The molecule has 2 aromatic rings. The van der Waals surface area contributed by atoms with Crippen LogP contribution in [0.2, 0.25) is 5.02 Å². The fraction of sp³-hybridized carbons (Fsp3) is 0.647. The van der Waals surface area contributed by atoms with E-state index < -0.39 is 6.10 Å². The number of hydrogen-bond acceptors (Lipinski definition) is 7. The van der Waals surface area contributed by atoms with Crippen LogP contribution < -0.4 is 9.47 Å². The molecule has 2 aliphatic heterocycles. The Morgan fingerprint density at radius 2 is 1.92 bits per heavy atom. The summed E-state index contributed by atoms with van der Waals surface area (Å²) in [4.78, 5) is 11.9. The van der Waals surface area contributed by atoms with E-state index >= 15 is 0 Å². The quantitative estimate of drug-likeness (QED) is 0.833. The summed E-state index contributed by atoms with van der Waals surface area (Å²) in [7, 11) is 0. The van der Waals surface area contributed by atoms with E-state index in [2.05, 4.69) is 15.0 Å². The highest BCUT2D eigenvalue weighted by Crippen LogP contribution is 2.32. The average Bonchev–Trinajstić information content (AvgIpc) is 3.37. The lowest BCUT2D eigenvalue weighted by Crippen LogP contribution is -2.34. The zero-order chi connectivity index (χ0) is 17.7. The Morgan fingerprint density at radius 3 is 2.77 bits per heavy atom. The smallest absolute Gasteiger partial charge is 0.296 e. The highest BCUT2D eigenvalue weighted by molar-refractivity contribution is 6.32. The standard InChI is InChI=1S/C17H20ClN3O5/c18-9-5-10-15(20-16(9)25-8-3-1-2-4-8)21-17(19-10)26-12-7-24-13-11(22)6-23-14(12)13/h5,8,11-14,22H,1-4,6-7H2,(H,19,20,21)/t11-,12-,13?,14?/m1/s1. The van der Waals surface area contributed by atoms with Gasteiger partial charge in [0.1, 0.15) is 29.4 Å². The summed E-state index contributed by atoms with van der Waals surface area (Å²) in [5.41, 5.74) is 1.16. The van der Waals surface area contributed by atoms with Crippen LogP contribution >= 0.6 is 11.6 Å². The monoisotopic (exact) mass is 381 g/mol. The molecule has 0 bridgehead atoms. The molecule has 1 aliphatic carbocycles. The lowest BCUT2D eigenvalue weighted by molar-refractivity contribution is 0.00706. The number of ether oxygens (including phenoxy) is 4. The van der Waals surface area contributed by atoms with Gasteiger partial charge in [0.05, 0.1) is 18.7 Å². The number of pyridine rings is 1. The number of aromatic nitrogens is 3. The Balaban J connectivity index is 1.34. The van der Waals surface area contributed by atoms with Gasteiger partial charge in [0.15, 0.2) is 11.8 Å². The summed E-state index contributed by atoms with van der Waals surface area (Å²) in [5, 5.41) is 10.3. The normalized spacial score (nSPS) is 31.6. The largest absolute Gasteiger partial charge is 0.473 e. The first kappa shape index (κ1) is 16.6. The van der Waals surface area contributed by atoms with Gasteiger partial charge in [-0.25, -0.2) is 0 Å². The van der Waals surface area contributed by atoms with Crippen molar-refractivity contribution in [2.45, 2.75) is 56.2 Å². The molecule has 140 valence electrons. The summed E-state index contributed by atoms with van der Waals surface area (Å²) < 4.78 is 22.9. The number of aromatic amines is 1.